The van der Waals surface area contributed by atoms with Gasteiger partial charge in [0.25, 0.3) is 0 Å². The number of ether oxygens (including phenoxy) is 2. The summed E-state index contributed by atoms with van der Waals surface area (Å²) in [6.07, 6.45) is -0.135. The van der Waals surface area contributed by atoms with Gasteiger partial charge >= 0.3 is 0 Å². The number of nitrogen functional groups attached to an aromatic ring is 1. The lowest BCUT2D eigenvalue weighted by atomic mass is 10.2. The molecule has 0 aromatic heterocycles. The number of benzene rings is 1. The highest BCUT2D eigenvalue weighted by Gasteiger charge is 2.14. The third-order valence-corrected chi connectivity index (χ3v) is 4.35. The molecule has 0 aliphatic heterocycles. The van der Waals surface area contributed by atoms with Crippen molar-refractivity contribution in [2.45, 2.75) is 6.42 Å². The Morgan fingerprint density at radius 3 is 2.62 bits per heavy atom. The maximum Gasteiger partial charge on any atom is 0.225 e. The van der Waals surface area contributed by atoms with E-state index in [1.807, 2.05) is 0 Å². The first-order valence-corrected chi connectivity index (χ1v) is 8.13. The summed E-state index contributed by atoms with van der Waals surface area (Å²) >= 11 is 0. The average Bonchev–Trinajstić information content (AvgIpc) is 2.43. The molecular formula is C13H20N2O5S. The van der Waals surface area contributed by atoms with Gasteiger partial charge in [-0.15, -0.1) is 0 Å². The quantitative estimate of drug-likeness (QED) is 0.682. The molecule has 1 rings (SSSR count). The largest absolute Gasteiger partial charge is 0.495 e. The summed E-state index contributed by atoms with van der Waals surface area (Å²) in [6.45, 7) is 0.118. The Balaban J connectivity index is 2.60. The van der Waals surface area contributed by atoms with E-state index >= 15 is 0 Å². The van der Waals surface area contributed by atoms with Crippen LogP contribution < -0.4 is 15.8 Å². The molecule has 0 atom stereocenters. The molecule has 0 aliphatic rings. The van der Waals surface area contributed by atoms with Crippen LogP contribution in [-0.2, 0) is 19.4 Å². The highest BCUT2D eigenvalue weighted by atomic mass is 32.2. The van der Waals surface area contributed by atoms with E-state index in [0.29, 0.717) is 17.1 Å². The smallest absolute Gasteiger partial charge is 0.225 e. The maximum absolute atomic E-state index is 11.8. The Morgan fingerprint density at radius 2 is 2.00 bits per heavy atom. The minimum absolute atomic E-state index is 0.0988. The van der Waals surface area contributed by atoms with E-state index in [4.69, 9.17) is 15.2 Å². The monoisotopic (exact) mass is 316 g/mol. The number of nitrogens with two attached hydrogens (primary N) is 1. The number of sulfone groups is 1. The van der Waals surface area contributed by atoms with Gasteiger partial charge in [-0.25, -0.2) is 8.42 Å². The zero-order valence-corrected chi connectivity index (χ0v) is 12.9. The normalized spacial score (nSPS) is 11.1. The molecule has 21 heavy (non-hydrogen) atoms. The predicted octanol–water partition coefficient (Wildman–Crippen LogP) is 0.667. The van der Waals surface area contributed by atoms with Crippen molar-refractivity contribution in [2.24, 2.45) is 0 Å². The van der Waals surface area contributed by atoms with Crippen molar-refractivity contribution in [2.75, 3.05) is 43.4 Å². The number of methoxy groups -OCH3 is 2. The summed E-state index contributed by atoms with van der Waals surface area (Å²) in [5, 5.41) is 2.59. The van der Waals surface area contributed by atoms with E-state index in [0.717, 1.165) is 0 Å². The topological polar surface area (TPSA) is 108 Å². The van der Waals surface area contributed by atoms with Gasteiger partial charge in [0, 0.05) is 19.2 Å². The van der Waals surface area contributed by atoms with E-state index in [1.165, 1.54) is 14.2 Å². The number of anilines is 2. The van der Waals surface area contributed by atoms with E-state index in [9.17, 15) is 13.2 Å². The molecule has 0 saturated carbocycles. The molecule has 0 fully saturated rings. The zero-order chi connectivity index (χ0) is 15.9. The van der Waals surface area contributed by atoms with Crippen LogP contribution in [0, 0.1) is 0 Å². The van der Waals surface area contributed by atoms with Crippen LogP contribution in [0.5, 0.6) is 5.75 Å². The molecule has 118 valence electrons. The fourth-order valence-electron chi connectivity index (χ4n) is 1.60. The Labute approximate surface area is 124 Å². The average molecular weight is 316 g/mol. The predicted molar refractivity (Wildman–Crippen MR) is 81.2 cm³/mol. The summed E-state index contributed by atoms with van der Waals surface area (Å²) in [4.78, 5) is 11.8. The van der Waals surface area contributed by atoms with E-state index in [1.54, 1.807) is 18.2 Å². The lowest BCUT2D eigenvalue weighted by molar-refractivity contribution is -0.115. The van der Waals surface area contributed by atoms with Gasteiger partial charge in [-0.05, 0) is 18.2 Å². The maximum atomic E-state index is 11.8. The Bertz CT molecular complexity index is 586. The first-order valence-electron chi connectivity index (χ1n) is 6.30. The molecule has 0 radical (unpaired) electrons. The molecule has 0 saturated heterocycles. The first kappa shape index (κ1) is 17.3. The molecule has 8 heteroatoms. The van der Waals surface area contributed by atoms with Gasteiger partial charge in [-0.1, -0.05) is 0 Å². The van der Waals surface area contributed by atoms with Crippen LogP contribution in [-0.4, -0.2) is 46.7 Å². The number of hydrogen-bond acceptors (Lipinski definition) is 6. The van der Waals surface area contributed by atoms with E-state index < -0.39 is 15.7 Å². The second-order valence-electron chi connectivity index (χ2n) is 4.40. The van der Waals surface area contributed by atoms with Gasteiger partial charge in [0.2, 0.25) is 5.91 Å². The molecular weight excluding hydrogens is 296 g/mol. The van der Waals surface area contributed by atoms with Crippen molar-refractivity contribution in [3.05, 3.63) is 18.2 Å². The molecule has 0 aliphatic carbocycles. The molecule has 0 spiro atoms. The van der Waals surface area contributed by atoms with Crippen molar-refractivity contribution >= 4 is 27.1 Å². The first-order chi connectivity index (χ1) is 9.88. The van der Waals surface area contributed by atoms with Gasteiger partial charge in [-0.2, -0.15) is 0 Å². The van der Waals surface area contributed by atoms with Crippen LogP contribution in [0.25, 0.3) is 0 Å². The third-order valence-electron chi connectivity index (χ3n) is 2.74. The summed E-state index contributed by atoms with van der Waals surface area (Å²) in [5.41, 5.74) is 6.52. The van der Waals surface area contributed by atoms with Crippen molar-refractivity contribution < 1.29 is 22.7 Å². The van der Waals surface area contributed by atoms with Gasteiger partial charge in [0.1, 0.15) is 5.75 Å². The minimum Gasteiger partial charge on any atom is -0.495 e. The lowest BCUT2D eigenvalue weighted by Gasteiger charge is -2.11. The van der Waals surface area contributed by atoms with Crippen LogP contribution in [0.4, 0.5) is 11.4 Å². The van der Waals surface area contributed by atoms with Crippen molar-refractivity contribution in [3.8, 4) is 5.75 Å². The van der Waals surface area contributed by atoms with Crippen molar-refractivity contribution in [1.29, 1.82) is 0 Å². The van der Waals surface area contributed by atoms with Gasteiger partial charge in [0.05, 0.1) is 30.9 Å². The lowest BCUT2D eigenvalue weighted by Crippen LogP contribution is -2.21. The number of carbonyl (C=O) groups excluding carboxylic acids is 1. The number of amides is 1. The zero-order valence-electron chi connectivity index (χ0n) is 12.1. The molecule has 0 heterocycles. The van der Waals surface area contributed by atoms with Gasteiger partial charge in [0.15, 0.2) is 9.84 Å². The van der Waals surface area contributed by atoms with Crippen molar-refractivity contribution in [1.82, 2.24) is 0 Å². The molecule has 1 aromatic rings. The van der Waals surface area contributed by atoms with Gasteiger partial charge < -0.3 is 20.5 Å². The summed E-state index contributed by atoms with van der Waals surface area (Å²) in [5.74, 6) is -0.287. The molecule has 1 amide bonds. The summed E-state index contributed by atoms with van der Waals surface area (Å²) < 4.78 is 33.0. The molecule has 3 N–H and O–H groups in total. The highest BCUT2D eigenvalue weighted by molar-refractivity contribution is 7.91. The Hall–Kier alpha value is -1.80. The Kier molecular flexibility index (Phi) is 6.44. The summed E-state index contributed by atoms with van der Waals surface area (Å²) in [6, 6.07) is 4.82. The molecule has 1 aromatic carbocycles. The fourth-order valence-corrected chi connectivity index (χ4v) is 2.72. The van der Waals surface area contributed by atoms with E-state index in [2.05, 4.69) is 5.32 Å². The Morgan fingerprint density at radius 1 is 1.29 bits per heavy atom. The van der Waals surface area contributed by atoms with E-state index in [-0.39, 0.29) is 24.5 Å². The molecule has 0 unspecified atom stereocenters. The van der Waals surface area contributed by atoms with Crippen LogP contribution in [0.3, 0.4) is 0 Å². The number of nitrogens with one attached hydrogen (secondary N) is 1. The third kappa shape index (κ3) is 6.01. The highest BCUT2D eigenvalue weighted by Crippen LogP contribution is 2.26. The molecule has 0 bridgehead atoms. The molecule has 7 nitrogen and oxygen atoms in total. The minimum atomic E-state index is -3.30. The number of rotatable bonds is 8. The van der Waals surface area contributed by atoms with Crippen molar-refractivity contribution in [3.63, 3.8) is 0 Å². The number of hydrogen-bond donors (Lipinski definition) is 2. The standard InChI is InChI=1S/C13H20N2O5S/c1-19-6-8-21(17,18)7-5-13(16)15-11-9-10(14)3-4-12(11)20-2/h3-4,9H,5-8,14H2,1-2H3,(H,15,16). The van der Waals surface area contributed by atoms with Crippen LogP contribution in [0.2, 0.25) is 0 Å². The van der Waals surface area contributed by atoms with Crippen LogP contribution in [0.15, 0.2) is 18.2 Å². The summed E-state index contributed by atoms with van der Waals surface area (Å²) in [7, 11) is -0.403. The SMILES string of the molecule is COCCS(=O)(=O)CCC(=O)Nc1cc(N)ccc1OC. The van der Waals surface area contributed by atoms with Gasteiger partial charge in [-0.3, -0.25) is 4.79 Å². The van der Waals surface area contributed by atoms with Crippen LogP contribution in [0.1, 0.15) is 6.42 Å². The fraction of sp³-hybridized carbons (Fsp3) is 0.462. The second kappa shape index (κ2) is 7.84. The second-order valence-corrected chi connectivity index (χ2v) is 6.71. The number of carbonyl (C=O) groups is 1. The van der Waals surface area contributed by atoms with Crippen LogP contribution >= 0.6 is 0 Å².